The van der Waals surface area contributed by atoms with Crippen LogP contribution in [-0.4, -0.2) is 20.9 Å². The first-order chi connectivity index (χ1) is 7.25. The maximum atomic E-state index is 11.0. The Morgan fingerprint density at radius 1 is 1.47 bits per heavy atom. The molecule has 76 valence electrons. The molecule has 1 saturated carbocycles. The van der Waals surface area contributed by atoms with Crippen molar-refractivity contribution in [3.8, 4) is 0 Å². The molecule has 1 aliphatic rings. The Labute approximate surface area is 85.9 Å². The smallest absolute Gasteiger partial charge is 0.248 e. The summed E-state index contributed by atoms with van der Waals surface area (Å²) >= 11 is 0. The number of benzene rings is 1. The van der Waals surface area contributed by atoms with Gasteiger partial charge in [0.25, 0.3) is 0 Å². The molecule has 5 heteroatoms. The molecule has 0 bridgehead atoms. The summed E-state index contributed by atoms with van der Waals surface area (Å²) in [6.07, 6.45) is 2.33. The van der Waals surface area contributed by atoms with Crippen LogP contribution in [0.25, 0.3) is 11.0 Å². The number of amides is 1. The van der Waals surface area contributed by atoms with Gasteiger partial charge >= 0.3 is 0 Å². The van der Waals surface area contributed by atoms with Crippen molar-refractivity contribution in [3.63, 3.8) is 0 Å². The molecule has 0 unspecified atom stereocenters. The van der Waals surface area contributed by atoms with Gasteiger partial charge in [0.1, 0.15) is 5.52 Å². The Morgan fingerprint density at radius 2 is 2.27 bits per heavy atom. The van der Waals surface area contributed by atoms with Gasteiger partial charge in [-0.1, -0.05) is 5.21 Å². The highest BCUT2D eigenvalue weighted by molar-refractivity contribution is 5.96. The fourth-order valence-electron chi connectivity index (χ4n) is 1.68. The number of hydrogen-bond acceptors (Lipinski definition) is 3. The van der Waals surface area contributed by atoms with Crippen molar-refractivity contribution >= 4 is 16.9 Å². The van der Waals surface area contributed by atoms with E-state index in [2.05, 4.69) is 10.3 Å². The fourth-order valence-corrected chi connectivity index (χ4v) is 1.68. The molecule has 1 aromatic carbocycles. The first-order valence-electron chi connectivity index (χ1n) is 4.90. The zero-order chi connectivity index (χ0) is 10.4. The Hall–Kier alpha value is -1.91. The van der Waals surface area contributed by atoms with E-state index in [0.29, 0.717) is 11.6 Å². The average Bonchev–Trinajstić information content (AvgIpc) is 2.98. The van der Waals surface area contributed by atoms with E-state index in [1.54, 1.807) is 12.1 Å². The summed E-state index contributed by atoms with van der Waals surface area (Å²) < 4.78 is 1.92. The van der Waals surface area contributed by atoms with Crippen molar-refractivity contribution in [1.29, 1.82) is 0 Å². The minimum atomic E-state index is -0.433. The van der Waals surface area contributed by atoms with Gasteiger partial charge in [0.15, 0.2) is 0 Å². The zero-order valence-electron chi connectivity index (χ0n) is 8.05. The monoisotopic (exact) mass is 202 g/mol. The molecule has 5 nitrogen and oxygen atoms in total. The first kappa shape index (κ1) is 8.40. The Kier molecular flexibility index (Phi) is 1.56. The summed E-state index contributed by atoms with van der Waals surface area (Å²) in [4.78, 5) is 11.0. The van der Waals surface area contributed by atoms with E-state index in [1.165, 1.54) is 0 Å². The average molecular weight is 202 g/mol. The molecule has 0 atom stereocenters. The molecule has 1 aromatic heterocycles. The summed E-state index contributed by atoms with van der Waals surface area (Å²) in [7, 11) is 0. The van der Waals surface area contributed by atoms with Crippen molar-refractivity contribution in [3.05, 3.63) is 23.8 Å². The van der Waals surface area contributed by atoms with Crippen molar-refractivity contribution in [2.75, 3.05) is 0 Å². The van der Waals surface area contributed by atoms with Crippen molar-refractivity contribution in [1.82, 2.24) is 15.0 Å². The summed E-state index contributed by atoms with van der Waals surface area (Å²) in [6, 6.07) is 5.75. The van der Waals surface area contributed by atoms with Gasteiger partial charge in [-0.15, -0.1) is 5.10 Å². The largest absolute Gasteiger partial charge is 0.366 e. The summed E-state index contributed by atoms with van der Waals surface area (Å²) in [6.45, 7) is 0. The van der Waals surface area contributed by atoms with E-state index in [0.717, 1.165) is 23.9 Å². The van der Waals surface area contributed by atoms with Gasteiger partial charge in [-0.2, -0.15) is 0 Å². The highest BCUT2D eigenvalue weighted by atomic mass is 16.1. The summed E-state index contributed by atoms with van der Waals surface area (Å²) in [5.41, 5.74) is 7.38. The second-order valence-electron chi connectivity index (χ2n) is 3.83. The number of primary amides is 1. The van der Waals surface area contributed by atoms with E-state index in [1.807, 2.05) is 10.7 Å². The van der Waals surface area contributed by atoms with Gasteiger partial charge in [-0.25, -0.2) is 4.68 Å². The molecule has 0 aliphatic heterocycles. The van der Waals surface area contributed by atoms with Crippen LogP contribution in [0.15, 0.2) is 18.2 Å². The number of rotatable bonds is 2. The molecule has 1 amide bonds. The third-order valence-electron chi connectivity index (χ3n) is 2.65. The maximum absolute atomic E-state index is 11.0. The lowest BCUT2D eigenvalue weighted by molar-refractivity contribution is 0.100. The number of nitrogens with two attached hydrogens (primary N) is 1. The number of carbonyl (C=O) groups is 1. The van der Waals surface area contributed by atoms with Crippen LogP contribution in [0.5, 0.6) is 0 Å². The quantitative estimate of drug-likeness (QED) is 0.785. The van der Waals surface area contributed by atoms with Gasteiger partial charge in [0, 0.05) is 5.56 Å². The lowest BCUT2D eigenvalue weighted by Gasteiger charge is -1.98. The number of carbonyl (C=O) groups excluding carboxylic acids is 1. The number of hydrogen-bond donors (Lipinski definition) is 1. The van der Waals surface area contributed by atoms with Gasteiger partial charge < -0.3 is 5.73 Å². The fraction of sp³-hybridized carbons (Fsp3) is 0.300. The molecule has 0 spiro atoms. The third kappa shape index (κ3) is 1.27. The predicted molar refractivity (Wildman–Crippen MR) is 54.3 cm³/mol. The summed E-state index contributed by atoms with van der Waals surface area (Å²) in [5, 5.41) is 8.10. The predicted octanol–water partition coefficient (Wildman–Crippen LogP) is 0.865. The topological polar surface area (TPSA) is 73.8 Å². The molecule has 2 aromatic rings. The minimum Gasteiger partial charge on any atom is -0.366 e. The number of aromatic nitrogens is 3. The highest BCUT2D eigenvalue weighted by Crippen LogP contribution is 2.36. The minimum absolute atomic E-state index is 0.433. The van der Waals surface area contributed by atoms with Crippen LogP contribution in [0.3, 0.4) is 0 Å². The van der Waals surface area contributed by atoms with E-state index in [-0.39, 0.29) is 0 Å². The zero-order valence-corrected chi connectivity index (χ0v) is 8.05. The SMILES string of the molecule is NC(=O)c1ccc2c(c1)nnn2C1CC1. The van der Waals surface area contributed by atoms with Crippen molar-refractivity contribution < 1.29 is 4.79 Å². The first-order valence-corrected chi connectivity index (χ1v) is 4.90. The third-order valence-corrected chi connectivity index (χ3v) is 2.65. The van der Waals surface area contributed by atoms with Crippen LogP contribution in [0.4, 0.5) is 0 Å². The van der Waals surface area contributed by atoms with Crippen molar-refractivity contribution in [2.45, 2.75) is 18.9 Å². The Bertz CT molecular complexity index is 541. The molecule has 1 aliphatic carbocycles. The highest BCUT2D eigenvalue weighted by Gasteiger charge is 2.26. The summed E-state index contributed by atoms with van der Waals surface area (Å²) in [5.74, 6) is -0.433. The number of nitrogens with zero attached hydrogens (tertiary/aromatic N) is 3. The van der Waals surface area contributed by atoms with Crippen LogP contribution in [0, 0.1) is 0 Å². The van der Waals surface area contributed by atoms with Crippen molar-refractivity contribution in [2.24, 2.45) is 5.73 Å². The standard InChI is InChI=1S/C10H10N4O/c11-10(15)6-1-4-9-8(5-6)12-13-14(9)7-2-3-7/h1,4-5,7H,2-3H2,(H2,11,15). The van der Waals surface area contributed by atoms with Crippen LogP contribution in [0.1, 0.15) is 29.2 Å². The molecule has 15 heavy (non-hydrogen) atoms. The molecule has 1 heterocycles. The Balaban J connectivity index is 2.17. The Morgan fingerprint density at radius 3 is 2.93 bits per heavy atom. The molecule has 0 radical (unpaired) electrons. The van der Waals surface area contributed by atoms with Crippen LogP contribution in [-0.2, 0) is 0 Å². The molecule has 0 saturated heterocycles. The lowest BCUT2D eigenvalue weighted by atomic mass is 10.2. The second kappa shape index (κ2) is 2.79. The van der Waals surface area contributed by atoms with Gasteiger partial charge in [-0.3, -0.25) is 4.79 Å². The molecule has 1 fully saturated rings. The molecular formula is C10H10N4O. The van der Waals surface area contributed by atoms with E-state index >= 15 is 0 Å². The number of fused-ring (bicyclic) bond motifs is 1. The normalized spacial score (nSPS) is 15.7. The van der Waals surface area contributed by atoms with Gasteiger partial charge in [0.05, 0.1) is 11.6 Å². The molecular weight excluding hydrogens is 192 g/mol. The maximum Gasteiger partial charge on any atom is 0.248 e. The molecule has 3 rings (SSSR count). The van der Waals surface area contributed by atoms with E-state index in [9.17, 15) is 4.79 Å². The van der Waals surface area contributed by atoms with E-state index < -0.39 is 5.91 Å². The van der Waals surface area contributed by atoms with Crippen LogP contribution >= 0.6 is 0 Å². The second-order valence-corrected chi connectivity index (χ2v) is 3.83. The van der Waals surface area contributed by atoms with Crippen LogP contribution < -0.4 is 5.73 Å². The van der Waals surface area contributed by atoms with Gasteiger partial charge in [-0.05, 0) is 31.0 Å². The van der Waals surface area contributed by atoms with Crippen LogP contribution in [0.2, 0.25) is 0 Å². The molecule has 2 N–H and O–H groups in total. The lowest BCUT2D eigenvalue weighted by Crippen LogP contribution is -2.10. The van der Waals surface area contributed by atoms with Gasteiger partial charge in [0.2, 0.25) is 5.91 Å². The van der Waals surface area contributed by atoms with E-state index in [4.69, 9.17) is 5.73 Å².